The number of ether oxygens (including phenoxy) is 6. The molecule has 0 aromatic heterocycles. The Balaban J connectivity index is 1.38. The lowest BCUT2D eigenvalue weighted by Gasteiger charge is -2.45. The van der Waals surface area contributed by atoms with Crippen LogP contribution in [0.5, 0.6) is 0 Å². The third-order valence-electron chi connectivity index (χ3n) is 7.07. The molecule has 6 nitrogen and oxygen atoms in total. The molecule has 0 aliphatic carbocycles. The molecule has 1 fully saturated rings. The van der Waals surface area contributed by atoms with Gasteiger partial charge in [-0.1, -0.05) is 121 Å². The number of rotatable bonds is 14. The van der Waals surface area contributed by atoms with Crippen LogP contribution >= 0.6 is 0 Å². The van der Waals surface area contributed by atoms with E-state index in [2.05, 4.69) is 0 Å². The molecule has 0 saturated carbocycles. The van der Waals surface area contributed by atoms with Crippen molar-refractivity contribution in [1.29, 1.82) is 0 Å². The van der Waals surface area contributed by atoms with Crippen LogP contribution in [-0.2, 0) is 54.8 Å². The highest BCUT2D eigenvalue weighted by Gasteiger charge is 2.48. The van der Waals surface area contributed by atoms with E-state index in [9.17, 15) is 0 Å². The van der Waals surface area contributed by atoms with E-state index < -0.39 is 30.7 Å². The van der Waals surface area contributed by atoms with E-state index in [1.807, 2.05) is 121 Å². The maximum Gasteiger partial charge on any atom is 0.186 e. The van der Waals surface area contributed by atoms with E-state index in [0.29, 0.717) is 33.0 Å². The minimum absolute atomic E-state index is 0.310. The van der Waals surface area contributed by atoms with Crippen LogP contribution in [0.15, 0.2) is 121 Å². The molecule has 1 aliphatic heterocycles. The highest BCUT2D eigenvalue weighted by molar-refractivity contribution is 5.16. The molecule has 0 bridgehead atoms. The molecule has 0 spiro atoms. The number of hydrogen-bond acceptors (Lipinski definition) is 6. The van der Waals surface area contributed by atoms with Crippen LogP contribution in [0, 0.1) is 0 Å². The minimum atomic E-state index is -0.665. The van der Waals surface area contributed by atoms with Crippen molar-refractivity contribution in [2.24, 2.45) is 0 Å². The van der Waals surface area contributed by atoms with E-state index in [4.69, 9.17) is 28.4 Å². The van der Waals surface area contributed by atoms with Gasteiger partial charge in [0.2, 0.25) is 0 Å². The number of hydrogen-bond donors (Lipinski definition) is 0. The van der Waals surface area contributed by atoms with Gasteiger partial charge in [0.05, 0.1) is 33.0 Å². The van der Waals surface area contributed by atoms with E-state index in [1.165, 1.54) is 0 Å². The van der Waals surface area contributed by atoms with Crippen molar-refractivity contribution < 1.29 is 28.4 Å². The maximum absolute atomic E-state index is 6.63. The molecule has 214 valence electrons. The highest BCUT2D eigenvalue weighted by Crippen LogP contribution is 2.31. The number of methoxy groups -OCH3 is 1. The average Bonchev–Trinajstić information content (AvgIpc) is 3.04. The fraction of sp³-hybridized carbons (Fsp3) is 0.314. The van der Waals surface area contributed by atoms with Crippen molar-refractivity contribution in [3.63, 3.8) is 0 Å². The predicted octanol–water partition coefficient (Wildman–Crippen LogP) is 6.33. The summed E-state index contributed by atoms with van der Waals surface area (Å²) in [5.74, 6) is 0. The smallest absolute Gasteiger partial charge is 0.186 e. The van der Waals surface area contributed by atoms with E-state index in [-0.39, 0.29) is 0 Å². The van der Waals surface area contributed by atoms with Gasteiger partial charge in [0, 0.05) is 7.11 Å². The molecule has 0 amide bonds. The van der Waals surface area contributed by atoms with Crippen molar-refractivity contribution in [2.75, 3.05) is 13.7 Å². The van der Waals surface area contributed by atoms with Crippen LogP contribution in [0.25, 0.3) is 0 Å². The Morgan fingerprint density at radius 1 is 0.488 bits per heavy atom. The molecule has 1 heterocycles. The zero-order valence-electron chi connectivity index (χ0n) is 23.4. The molecule has 4 aromatic carbocycles. The summed E-state index contributed by atoms with van der Waals surface area (Å²) in [7, 11) is 1.63. The Bertz CT molecular complexity index is 1260. The second-order valence-corrected chi connectivity index (χ2v) is 10.1. The predicted molar refractivity (Wildman–Crippen MR) is 157 cm³/mol. The van der Waals surface area contributed by atoms with Gasteiger partial charge in [-0.3, -0.25) is 0 Å². The molecular weight excluding hydrogens is 516 g/mol. The van der Waals surface area contributed by atoms with Crippen LogP contribution in [0.4, 0.5) is 0 Å². The normalized spacial score (nSPS) is 22.4. The summed E-state index contributed by atoms with van der Waals surface area (Å²) in [6.45, 7) is 1.97. The van der Waals surface area contributed by atoms with Gasteiger partial charge in [-0.2, -0.15) is 0 Å². The quantitative estimate of drug-likeness (QED) is 0.182. The van der Waals surface area contributed by atoms with E-state index >= 15 is 0 Å². The third kappa shape index (κ3) is 8.57. The van der Waals surface area contributed by atoms with Gasteiger partial charge >= 0.3 is 0 Å². The van der Waals surface area contributed by atoms with Crippen LogP contribution in [0.2, 0.25) is 0 Å². The van der Waals surface area contributed by atoms with Crippen molar-refractivity contribution in [1.82, 2.24) is 0 Å². The highest BCUT2D eigenvalue weighted by atomic mass is 16.7. The molecule has 5 atom stereocenters. The van der Waals surface area contributed by atoms with Gasteiger partial charge < -0.3 is 28.4 Å². The second-order valence-electron chi connectivity index (χ2n) is 10.1. The molecule has 0 unspecified atom stereocenters. The molecule has 6 heteroatoms. The SMILES string of the molecule is CO[C@@H]1O[C@@H](COCc2ccccc2)[C@H](OCc2ccccc2)[C@@H](OCc2ccccc2)[C@@H]1OCc1ccccc1. The van der Waals surface area contributed by atoms with Gasteiger partial charge in [-0.05, 0) is 22.3 Å². The Morgan fingerprint density at radius 2 is 0.878 bits per heavy atom. The first-order chi connectivity index (χ1) is 20.3. The van der Waals surface area contributed by atoms with E-state index in [1.54, 1.807) is 7.11 Å². The van der Waals surface area contributed by atoms with Gasteiger partial charge in [-0.25, -0.2) is 0 Å². The molecule has 1 aliphatic rings. The van der Waals surface area contributed by atoms with Crippen LogP contribution < -0.4 is 0 Å². The summed E-state index contributed by atoms with van der Waals surface area (Å²) in [6.07, 6.45) is -2.59. The Morgan fingerprint density at radius 3 is 1.32 bits per heavy atom. The summed E-state index contributed by atoms with van der Waals surface area (Å²) in [5.41, 5.74) is 4.27. The fourth-order valence-corrected chi connectivity index (χ4v) is 4.94. The zero-order chi connectivity index (χ0) is 28.1. The Kier molecular flexibility index (Phi) is 11.1. The summed E-state index contributed by atoms with van der Waals surface area (Å²) in [6, 6.07) is 40.4. The first kappa shape index (κ1) is 29.1. The largest absolute Gasteiger partial charge is 0.374 e. The Labute approximate surface area is 242 Å². The van der Waals surface area contributed by atoms with Gasteiger partial charge in [0.15, 0.2) is 6.29 Å². The molecule has 0 N–H and O–H groups in total. The lowest BCUT2D eigenvalue weighted by atomic mass is 9.97. The fourth-order valence-electron chi connectivity index (χ4n) is 4.94. The monoisotopic (exact) mass is 554 g/mol. The molecule has 1 saturated heterocycles. The van der Waals surface area contributed by atoms with Crippen molar-refractivity contribution in [2.45, 2.75) is 57.1 Å². The summed E-state index contributed by atoms with van der Waals surface area (Å²) in [5, 5.41) is 0. The Hall–Kier alpha value is -3.36. The molecule has 4 aromatic rings. The lowest BCUT2D eigenvalue weighted by molar-refractivity contribution is -0.323. The standard InChI is InChI=1S/C35H38O6/c1-36-35-34(40-25-30-20-12-5-13-21-30)33(39-24-29-18-10-4-11-19-29)32(38-23-28-16-8-3-9-17-28)31(41-35)26-37-22-27-14-6-2-7-15-27/h2-21,31-35H,22-26H2,1H3/t31-,32-,33+,34-,35+/m0/s1. The van der Waals surface area contributed by atoms with Gasteiger partial charge in [-0.15, -0.1) is 0 Å². The van der Waals surface area contributed by atoms with Crippen molar-refractivity contribution in [3.8, 4) is 0 Å². The van der Waals surface area contributed by atoms with Crippen molar-refractivity contribution >= 4 is 0 Å². The van der Waals surface area contributed by atoms with Crippen molar-refractivity contribution in [3.05, 3.63) is 144 Å². The summed E-state index contributed by atoms with van der Waals surface area (Å²) >= 11 is 0. The lowest BCUT2D eigenvalue weighted by Crippen LogP contribution is -2.61. The first-order valence-corrected chi connectivity index (χ1v) is 14.1. The second kappa shape index (κ2) is 15.6. The van der Waals surface area contributed by atoms with E-state index in [0.717, 1.165) is 22.3 Å². The third-order valence-corrected chi connectivity index (χ3v) is 7.07. The molecule has 0 radical (unpaired) electrons. The van der Waals surface area contributed by atoms with Gasteiger partial charge in [0.25, 0.3) is 0 Å². The summed E-state index contributed by atoms with van der Waals surface area (Å²) in [4.78, 5) is 0. The minimum Gasteiger partial charge on any atom is -0.374 e. The van der Waals surface area contributed by atoms with Gasteiger partial charge in [0.1, 0.15) is 24.4 Å². The summed E-state index contributed by atoms with van der Waals surface area (Å²) < 4.78 is 38.2. The number of benzene rings is 4. The van der Waals surface area contributed by atoms with Crippen LogP contribution in [0.1, 0.15) is 22.3 Å². The van der Waals surface area contributed by atoms with Crippen LogP contribution in [-0.4, -0.2) is 44.4 Å². The topological polar surface area (TPSA) is 55.4 Å². The zero-order valence-corrected chi connectivity index (χ0v) is 23.4. The maximum atomic E-state index is 6.63. The first-order valence-electron chi connectivity index (χ1n) is 14.1. The molecule has 5 rings (SSSR count). The average molecular weight is 555 g/mol. The van der Waals surface area contributed by atoms with Crippen LogP contribution in [0.3, 0.4) is 0 Å². The molecule has 41 heavy (non-hydrogen) atoms. The molecular formula is C35H38O6.